The van der Waals surface area contributed by atoms with E-state index in [2.05, 4.69) is 20.4 Å². The van der Waals surface area contributed by atoms with Gasteiger partial charge in [0.25, 0.3) is 0 Å². The third-order valence-corrected chi connectivity index (χ3v) is 9.36. The van der Waals surface area contributed by atoms with Crippen molar-refractivity contribution in [3.05, 3.63) is 24.0 Å². The van der Waals surface area contributed by atoms with Crippen molar-refractivity contribution in [3.63, 3.8) is 0 Å². The van der Waals surface area contributed by atoms with Gasteiger partial charge in [-0.15, -0.1) is 6.58 Å². The molecule has 0 spiro atoms. The van der Waals surface area contributed by atoms with E-state index < -0.39 is 5.60 Å². The zero-order valence-electron chi connectivity index (χ0n) is 16.4. The van der Waals surface area contributed by atoms with E-state index >= 15 is 0 Å². The van der Waals surface area contributed by atoms with E-state index in [0.29, 0.717) is 17.1 Å². The normalized spacial score (nSPS) is 54.2. The van der Waals surface area contributed by atoms with Gasteiger partial charge < -0.3 is 10.2 Å². The third-order valence-electron chi connectivity index (χ3n) is 9.36. The average Bonchev–Trinajstić information content (AvgIpc) is 2.93. The smallest absolute Gasteiger partial charge is 0.0889 e. The van der Waals surface area contributed by atoms with Crippen LogP contribution in [0.1, 0.15) is 78.6 Å². The van der Waals surface area contributed by atoms with Crippen molar-refractivity contribution in [3.8, 4) is 0 Å². The van der Waals surface area contributed by atoms with Crippen LogP contribution in [-0.2, 0) is 0 Å². The number of hydrogen-bond acceptors (Lipinski definition) is 2. The van der Waals surface area contributed by atoms with E-state index in [1.54, 1.807) is 6.08 Å². The second-order valence-electron chi connectivity index (χ2n) is 10.2. The van der Waals surface area contributed by atoms with Gasteiger partial charge in [0.15, 0.2) is 0 Å². The largest absolute Gasteiger partial charge is 0.513 e. The van der Waals surface area contributed by atoms with Crippen LogP contribution < -0.4 is 0 Å². The fraction of sp³-hybridized carbons (Fsp3) is 0.826. The second-order valence-corrected chi connectivity index (χ2v) is 10.2. The summed E-state index contributed by atoms with van der Waals surface area (Å²) in [6, 6.07) is 0. The van der Waals surface area contributed by atoms with Gasteiger partial charge in [0, 0.05) is 0 Å². The summed E-state index contributed by atoms with van der Waals surface area (Å²) in [5.74, 6) is 3.60. The molecule has 140 valence electrons. The summed E-state index contributed by atoms with van der Waals surface area (Å²) < 4.78 is 0. The van der Waals surface area contributed by atoms with Crippen LogP contribution in [0, 0.1) is 34.5 Å². The maximum absolute atomic E-state index is 10.8. The molecule has 0 heterocycles. The lowest BCUT2D eigenvalue weighted by Gasteiger charge is -2.61. The standard InChI is InChI=1S/C23H36O2/c1-5-23(25)13-12-21(3)16(14-23)6-7-17-19-9-8-18(15(2)24)22(19,4)11-10-20(17)21/h5,16-17,19-20,24-25H,1,6-14H2,2-4H3/b18-15-/t16-,17?,19?,20?,21-,22+,23+/m0/s1. The molecule has 0 radical (unpaired) electrons. The van der Waals surface area contributed by atoms with Crippen LogP contribution in [-0.4, -0.2) is 15.8 Å². The zero-order valence-corrected chi connectivity index (χ0v) is 16.4. The molecule has 4 aliphatic rings. The van der Waals surface area contributed by atoms with Crippen LogP contribution in [0.15, 0.2) is 24.0 Å². The van der Waals surface area contributed by atoms with E-state index in [1.807, 2.05) is 6.92 Å². The fourth-order valence-electron chi connectivity index (χ4n) is 7.87. The first kappa shape index (κ1) is 17.6. The van der Waals surface area contributed by atoms with Crippen molar-refractivity contribution >= 4 is 0 Å². The Kier molecular flexibility index (Phi) is 3.96. The van der Waals surface area contributed by atoms with Gasteiger partial charge >= 0.3 is 0 Å². The molecule has 0 aromatic rings. The van der Waals surface area contributed by atoms with Crippen molar-refractivity contribution in [2.75, 3.05) is 0 Å². The van der Waals surface area contributed by atoms with E-state index in [-0.39, 0.29) is 5.41 Å². The topological polar surface area (TPSA) is 40.5 Å². The van der Waals surface area contributed by atoms with Crippen molar-refractivity contribution in [1.29, 1.82) is 0 Å². The van der Waals surface area contributed by atoms with Gasteiger partial charge in [0.1, 0.15) is 0 Å². The van der Waals surface area contributed by atoms with E-state index in [1.165, 1.54) is 37.7 Å². The Morgan fingerprint density at radius 1 is 1.08 bits per heavy atom. The van der Waals surface area contributed by atoms with Gasteiger partial charge in [0.2, 0.25) is 0 Å². The molecule has 0 bridgehead atoms. The van der Waals surface area contributed by atoms with Crippen molar-refractivity contribution in [1.82, 2.24) is 0 Å². The molecule has 0 aromatic heterocycles. The maximum atomic E-state index is 10.8. The Balaban J connectivity index is 1.63. The van der Waals surface area contributed by atoms with Gasteiger partial charge in [-0.05, 0) is 105 Å². The number of rotatable bonds is 1. The minimum atomic E-state index is -0.628. The van der Waals surface area contributed by atoms with Crippen molar-refractivity contribution in [2.24, 2.45) is 34.5 Å². The SMILES string of the molecule is C=C[C@@]1(O)CC[C@]2(C)C3CC[C@]4(C)/C(=C(/C)O)CCC4C3CC[C@H]2C1. The lowest BCUT2D eigenvalue weighted by Crippen LogP contribution is -2.55. The molecule has 7 atom stereocenters. The first-order valence-electron chi connectivity index (χ1n) is 10.5. The van der Waals surface area contributed by atoms with Crippen LogP contribution in [0.25, 0.3) is 0 Å². The second kappa shape index (κ2) is 5.62. The monoisotopic (exact) mass is 344 g/mol. The Labute approximate surface area is 153 Å². The summed E-state index contributed by atoms with van der Waals surface area (Å²) >= 11 is 0. The molecule has 4 aliphatic carbocycles. The number of allylic oxidation sites excluding steroid dienone is 2. The van der Waals surface area contributed by atoms with Crippen LogP contribution in [0.3, 0.4) is 0 Å². The molecule has 25 heavy (non-hydrogen) atoms. The first-order valence-corrected chi connectivity index (χ1v) is 10.5. The summed E-state index contributed by atoms with van der Waals surface area (Å²) in [6.45, 7) is 10.8. The zero-order chi connectivity index (χ0) is 18.0. The molecule has 2 nitrogen and oxygen atoms in total. The molecule has 0 saturated heterocycles. The fourth-order valence-corrected chi connectivity index (χ4v) is 7.87. The summed E-state index contributed by atoms with van der Waals surface area (Å²) in [7, 11) is 0. The molecule has 4 fully saturated rings. The highest BCUT2D eigenvalue weighted by Gasteiger charge is 2.60. The molecular formula is C23H36O2. The molecule has 2 heteroatoms. The third kappa shape index (κ3) is 2.39. The lowest BCUT2D eigenvalue weighted by molar-refractivity contribution is -0.132. The number of hydrogen-bond donors (Lipinski definition) is 2. The van der Waals surface area contributed by atoms with Crippen molar-refractivity contribution in [2.45, 2.75) is 84.2 Å². The Morgan fingerprint density at radius 2 is 1.84 bits per heavy atom. The van der Waals surface area contributed by atoms with Crippen LogP contribution in [0.4, 0.5) is 0 Å². The Hall–Kier alpha value is -0.760. The van der Waals surface area contributed by atoms with Gasteiger partial charge in [-0.1, -0.05) is 19.9 Å². The molecule has 4 rings (SSSR count). The summed E-state index contributed by atoms with van der Waals surface area (Å²) in [5, 5.41) is 21.0. The average molecular weight is 345 g/mol. The Morgan fingerprint density at radius 3 is 2.52 bits per heavy atom. The molecular weight excluding hydrogens is 308 g/mol. The summed E-state index contributed by atoms with van der Waals surface area (Å²) in [5.41, 5.74) is 1.35. The van der Waals surface area contributed by atoms with Gasteiger partial charge in [-0.25, -0.2) is 0 Å². The highest BCUT2D eigenvalue weighted by atomic mass is 16.3. The number of aliphatic hydroxyl groups excluding tert-OH is 1. The highest BCUT2D eigenvalue weighted by molar-refractivity contribution is 5.26. The summed E-state index contributed by atoms with van der Waals surface area (Å²) in [4.78, 5) is 0. The van der Waals surface area contributed by atoms with Crippen LogP contribution >= 0.6 is 0 Å². The predicted molar refractivity (Wildman–Crippen MR) is 102 cm³/mol. The molecule has 3 unspecified atom stereocenters. The number of fused-ring (bicyclic) bond motifs is 5. The van der Waals surface area contributed by atoms with E-state index in [0.717, 1.165) is 43.4 Å². The lowest BCUT2D eigenvalue weighted by atomic mass is 9.44. The summed E-state index contributed by atoms with van der Waals surface area (Å²) in [6.07, 6.45) is 12.2. The molecule has 2 N–H and O–H groups in total. The highest BCUT2D eigenvalue weighted by Crippen LogP contribution is 2.68. The van der Waals surface area contributed by atoms with E-state index in [9.17, 15) is 10.2 Å². The van der Waals surface area contributed by atoms with Crippen LogP contribution in [0.5, 0.6) is 0 Å². The molecule has 0 aromatic carbocycles. The van der Waals surface area contributed by atoms with Gasteiger partial charge in [0.05, 0.1) is 11.4 Å². The maximum Gasteiger partial charge on any atom is 0.0889 e. The number of aliphatic hydroxyl groups is 2. The van der Waals surface area contributed by atoms with Gasteiger partial charge in [-0.3, -0.25) is 0 Å². The molecule has 0 aliphatic heterocycles. The van der Waals surface area contributed by atoms with E-state index in [4.69, 9.17) is 0 Å². The predicted octanol–water partition coefficient (Wildman–Crippen LogP) is 5.78. The quantitative estimate of drug-likeness (QED) is 0.468. The molecule has 4 saturated carbocycles. The van der Waals surface area contributed by atoms with Gasteiger partial charge in [-0.2, -0.15) is 0 Å². The van der Waals surface area contributed by atoms with Crippen LogP contribution in [0.2, 0.25) is 0 Å². The Bertz CT molecular complexity index is 603. The van der Waals surface area contributed by atoms with Crippen molar-refractivity contribution < 1.29 is 10.2 Å². The molecule has 0 amide bonds. The minimum Gasteiger partial charge on any atom is -0.513 e. The minimum absolute atomic E-state index is 0.236. The first-order chi connectivity index (χ1) is 11.7.